The summed E-state index contributed by atoms with van der Waals surface area (Å²) in [7, 11) is -14.7. The summed E-state index contributed by atoms with van der Waals surface area (Å²) >= 11 is 0. The predicted octanol–water partition coefficient (Wildman–Crippen LogP) is 41.3. The zero-order valence-corrected chi connectivity index (χ0v) is 110. The van der Waals surface area contributed by atoms with Crippen LogP contribution in [0.1, 0.15) is 350 Å². The molecule has 0 saturated heterocycles. The molecule has 9 aliphatic rings. The molecule has 3 unspecified atom stereocenters. The van der Waals surface area contributed by atoms with Gasteiger partial charge < -0.3 is 39.8 Å². The van der Waals surface area contributed by atoms with Crippen molar-refractivity contribution in [3.05, 3.63) is 208 Å². The van der Waals surface area contributed by atoms with E-state index in [0.29, 0.717) is 32.9 Å². The van der Waals surface area contributed by atoms with E-state index in [-0.39, 0.29) is 30.2 Å². The smallest absolute Gasteiger partial charge is 0.250 e. The van der Waals surface area contributed by atoms with Gasteiger partial charge in [0.2, 0.25) is 74.9 Å². The number of allylic oxidation sites excluding steroid dienone is 27. The molecule has 3 atom stereocenters. The fraction of sp³-hybridized carbons (Fsp3) is 0.692. The number of hydrogen-bond donors (Lipinski definition) is 0. The highest BCUT2D eigenvalue weighted by atomic mass is 28.4. The third kappa shape index (κ3) is 37.3. The van der Waals surface area contributed by atoms with Crippen LogP contribution >= 0.6 is 0 Å². The van der Waals surface area contributed by atoms with Crippen LogP contribution in [0.15, 0.2) is 208 Å². The summed E-state index contributed by atoms with van der Waals surface area (Å²) in [5, 5.41) is 2.57. The van der Waals surface area contributed by atoms with E-state index in [4.69, 9.17) is 39.8 Å². The zero-order chi connectivity index (χ0) is 107. The second-order valence-corrected chi connectivity index (χ2v) is 96.9. The third-order valence-corrected chi connectivity index (χ3v) is 72.6. The SMILES string of the molecule is CC(C)(C)[Si](C)(C)OC1=CC=CC1.CC1=C(C)C(C)=C(O[Si](C)(C)C(C)(C)C)C1.CC1=C(C)C(C)C(O[Si](C)(C)C(C)(C)C)=C1C.CC1=C(O[Si](C)(C)C(C)(C)C)C(C)C=C1.CC1=C(O[Si](C)(C)C(C)(C)C)CC=C1.CC1=CC(C)=C(O[Si](C)(C)C(C)(C)C)C1.CC1=CC(C)C(O[Si](C)(C)C(C)(C)C)=C1C.CC1=CCC(O[Si](C)(C)C(C)(C)C)=C1.CC1=CCC(O[Si](C)(C)C(C)(C)C)=C1C. The Bertz CT molecular complexity index is 4670. The molecule has 0 bridgehead atoms. The van der Waals surface area contributed by atoms with Gasteiger partial charge in [0.15, 0.2) is 0 Å². The molecule has 0 spiro atoms. The molecule has 0 saturated carbocycles. The summed E-state index contributed by atoms with van der Waals surface area (Å²) in [4.78, 5) is 0. The maximum atomic E-state index is 6.51. The van der Waals surface area contributed by atoms with Gasteiger partial charge in [-0.15, -0.1) is 0 Å². The average Bonchev–Trinajstić information content (AvgIpc) is 1.63. The minimum Gasteiger partial charge on any atom is -0.546 e. The van der Waals surface area contributed by atoms with Gasteiger partial charge in [-0.2, -0.15) is 0 Å². The molecule has 135 heavy (non-hydrogen) atoms. The topological polar surface area (TPSA) is 83.1 Å². The van der Waals surface area contributed by atoms with Crippen molar-refractivity contribution in [3.8, 4) is 0 Å². The van der Waals surface area contributed by atoms with E-state index >= 15 is 0 Å². The van der Waals surface area contributed by atoms with Crippen LogP contribution in [0.4, 0.5) is 0 Å². The summed E-state index contributed by atoms with van der Waals surface area (Å²) in [5.41, 5.74) is 20.6. The summed E-state index contributed by atoms with van der Waals surface area (Å²) in [6.45, 7) is 142. The molecule has 18 heteroatoms. The van der Waals surface area contributed by atoms with Gasteiger partial charge in [0.1, 0.15) is 0 Å². The Kier molecular flexibility index (Phi) is 45.5. The Morgan fingerprint density at radius 3 is 0.933 bits per heavy atom. The maximum Gasteiger partial charge on any atom is 0.250 e. The van der Waals surface area contributed by atoms with Crippen LogP contribution in [0, 0.1) is 17.8 Å². The monoisotopic (exact) mass is 2020 g/mol. The molecule has 0 aromatic heterocycles. The molecule has 0 radical (unpaired) electrons. The van der Waals surface area contributed by atoms with Gasteiger partial charge in [-0.25, -0.2) is 0 Å². The number of hydrogen-bond acceptors (Lipinski definition) is 9. The van der Waals surface area contributed by atoms with E-state index in [1.54, 1.807) is 0 Å². The molecule has 0 aromatic carbocycles. The lowest BCUT2D eigenvalue weighted by molar-refractivity contribution is 0.344. The van der Waals surface area contributed by atoms with Crippen LogP contribution in [-0.2, 0) is 39.8 Å². The van der Waals surface area contributed by atoms with Crippen LogP contribution in [0.3, 0.4) is 0 Å². The predicted molar refractivity (Wildman–Crippen MR) is 624 cm³/mol. The largest absolute Gasteiger partial charge is 0.546 e. The van der Waals surface area contributed by atoms with Crippen molar-refractivity contribution in [2.45, 2.75) is 513 Å². The molecule has 774 valence electrons. The Morgan fingerprint density at radius 1 is 0.274 bits per heavy atom. The highest BCUT2D eigenvalue weighted by molar-refractivity contribution is 6.77. The lowest BCUT2D eigenvalue weighted by atomic mass is 10.0. The van der Waals surface area contributed by atoms with Crippen LogP contribution < -0.4 is 0 Å². The second-order valence-electron chi connectivity index (χ2n) is 54.4. The van der Waals surface area contributed by atoms with Gasteiger partial charge in [0, 0.05) is 56.3 Å². The molecule has 9 rings (SSSR count). The molecule has 0 aromatic rings. The Morgan fingerprint density at radius 2 is 0.644 bits per heavy atom. The molecule has 0 aliphatic heterocycles. The molecule has 0 heterocycles. The first-order valence-electron chi connectivity index (χ1n) is 51.4. The third-order valence-electron chi connectivity index (χ3n) is 33.4. The highest BCUT2D eigenvalue weighted by Gasteiger charge is 2.48. The Balaban J connectivity index is 0.000000760. The molecule has 9 aliphatic carbocycles. The Labute approximate surface area is 847 Å². The van der Waals surface area contributed by atoms with Gasteiger partial charge in [0.25, 0.3) is 0 Å². The molecule has 0 fully saturated rings. The van der Waals surface area contributed by atoms with Crippen molar-refractivity contribution in [1.29, 1.82) is 0 Å². The first kappa shape index (κ1) is 128. The lowest BCUT2D eigenvalue weighted by Crippen LogP contribution is -2.41. The van der Waals surface area contributed by atoms with Crippen LogP contribution in [0.5, 0.6) is 0 Å². The van der Waals surface area contributed by atoms with E-state index in [1.165, 1.54) is 124 Å². The summed E-state index contributed by atoms with van der Waals surface area (Å²) < 4.78 is 56.8. The fourth-order valence-corrected chi connectivity index (χ4v) is 23.3. The normalized spacial score (nSPS) is 19.6. The summed E-state index contributed by atoms with van der Waals surface area (Å²) in [5.74, 6) is 12.1. The van der Waals surface area contributed by atoms with Crippen molar-refractivity contribution >= 4 is 74.9 Å². The lowest BCUT2D eigenvalue weighted by Gasteiger charge is -2.38. The Hall–Kier alpha value is -4.53. The number of rotatable bonds is 18. The molecule has 0 N–H and O–H groups in total. The van der Waals surface area contributed by atoms with Gasteiger partial charge in [-0.3, -0.25) is 0 Å². The van der Waals surface area contributed by atoms with Crippen LogP contribution in [0.2, 0.25) is 163 Å². The van der Waals surface area contributed by atoms with E-state index in [2.05, 4.69) is 502 Å². The maximum absolute atomic E-state index is 6.51. The van der Waals surface area contributed by atoms with Gasteiger partial charge in [-0.05, 0) is 341 Å². The molecule has 9 nitrogen and oxygen atoms in total. The minimum absolute atomic E-state index is 0.268. The van der Waals surface area contributed by atoms with E-state index < -0.39 is 74.9 Å². The van der Waals surface area contributed by atoms with Crippen molar-refractivity contribution in [1.82, 2.24) is 0 Å². The zero-order valence-electron chi connectivity index (χ0n) is 101. The van der Waals surface area contributed by atoms with Crippen LogP contribution in [0.25, 0.3) is 0 Å². The summed E-state index contributed by atoms with van der Waals surface area (Å²) in [6, 6.07) is 0. The van der Waals surface area contributed by atoms with Gasteiger partial charge in [0.05, 0.1) is 51.8 Å². The minimum atomic E-state index is -1.70. The van der Waals surface area contributed by atoms with Crippen molar-refractivity contribution < 1.29 is 39.8 Å². The van der Waals surface area contributed by atoms with Gasteiger partial charge in [-0.1, -0.05) is 291 Å². The van der Waals surface area contributed by atoms with E-state index in [0.717, 1.165) is 50.0 Å². The average molecular weight is 2020 g/mol. The van der Waals surface area contributed by atoms with E-state index in [9.17, 15) is 0 Å². The van der Waals surface area contributed by atoms with Crippen molar-refractivity contribution in [2.24, 2.45) is 17.8 Å². The highest BCUT2D eigenvalue weighted by Crippen LogP contribution is 2.51. The standard InChI is InChI=1S/C15H28OSi.2C14H26OSi.3C13H24OSi.2C12H22OSi.C11H20OSi/c1-10-11(2)13(4)14(12(10)3)16-17(8,9)15(5,6)7;1-10-9-13(12(3)11(10)2)15-16(7,8)14(4,5)6;1-10-9-11(2)13(12(10)3)15-16(7,8)14(4,5)6;1-10-8-11(2)12(9-10)14-15(6,7)13(3,4)5;1-10-8-9-12(11(10)2)14-15(6,7)13(3,4)5;1-10-8-9-11(2)12(10)14-15(6,7)13(3,4)5;1-10-7-8-11(9-10)13-14(5,6)12(2,3)4;1-10-8-7-9-11(10)13-14(5,6)12(2,3)4;1-11(2,3)13(4,5)12-10-8-6-7-9-10/h12H,1-9H3;9H2,1-8H3;9,11H,1-8H3;2*8H,9H2,1-7H3;8-10H,1-7H3;7,9H,8H2,1-6H3;7-8H,9H2,1-6H3;6-8H,9H2,1-5H3. The fourth-order valence-electron chi connectivity index (χ4n) is 12.8. The van der Waals surface area contributed by atoms with E-state index in [1.807, 2.05) is 0 Å². The van der Waals surface area contributed by atoms with Crippen molar-refractivity contribution in [3.63, 3.8) is 0 Å². The quantitative estimate of drug-likeness (QED) is 0.125. The molecule has 0 amide bonds. The second kappa shape index (κ2) is 47.8. The van der Waals surface area contributed by atoms with Gasteiger partial charge >= 0.3 is 0 Å². The first-order valence-corrected chi connectivity index (χ1v) is 77.6. The molecular formula is C117H216O9Si9. The summed E-state index contributed by atoms with van der Waals surface area (Å²) in [6.07, 6.45) is 32.2. The first-order chi connectivity index (χ1) is 59.8. The molecular weight excluding hydrogens is 1800 g/mol. The van der Waals surface area contributed by atoms with Crippen molar-refractivity contribution in [2.75, 3.05) is 0 Å². The van der Waals surface area contributed by atoms with Crippen LogP contribution in [-0.4, -0.2) is 74.9 Å².